The van der Waals surface area contributed by atoms with Crippen molar-refractivity contribution in [2.45, 2.75) is 31.7 Å². The molecule has 1 heterocycles. The largest absolute Gasteiger partial charge is 0.497 e. The number of ether oxygens (including phenoxy) is 1. The molecule has 0 aromatic heterocycles. The highest BCUT2D eigenvalue weighted by Crippen LogP contribution is 2.16. The van der Waals surface area contributed by atoms with Gasteiger partial charge >= 0.3 is 0 Å². The lowest BCUT2D eigenvalue weighted by atomic mass is 10.1. The Labute approximate surface area is 108 Å². The van der Waals surface area contributed by atoms with Gasteiger partial charge in [0.2, 0.25) is 5.91 Å². The molecular formula is C14H20N2O2. The average molecular weight is 248 g/mol. The SMILES string of the molecule is COc1ccc(NC(=O)[C@H]2CCCCCN2)cc1. The van der Waals surface area contributed by atoms with Crippen molar-refractivity contribution in [2.75, 3.05) is 19.0 Å². The first kappa shape index (κ1) is 12.9. The number of hydrogen-bond acceptors (Lipinski definition) is 3. The van der Waals surface area contributed by atoms with E-state index in [1.165, 1.54) is 6.42 Å². The molecule has 1 fully saturated rings. The minimum Gasteiger partial charge on any atom is -0.497 e. The molecule has 2 N–H and O–H groups in total. The molecule has 0 unspecified atom stereocenters. The Morgan fingerprint density at radius 3 is 2.78 bits per heavy atom. The molecule has 1 aliphatic heterocycles. The van der Waals surface area contributed by atoms with Gasteiger partial charge in [-0.15, -0.1) is 0 Å². The molecule has 0 saturated carbocycles. The van der Waals surface area contributed by atoms with Crippen molar-refractivity contribution in [3.8, 4) is 5.75 Å². The quantitative estimate of drug-likeness (QED) is 0.862. The van der Waals surface area contributed by atoms with Crippen LogP contribution in [-0.4, -0.2) is 25.6 Å². The Balaban J connectivity index is 1.92. The second-order valence-corrected chi connectivity index (χ2v) is 4.57. The molecule has 1 aliphatic rings. The number of anilines is 1. The molecule has 4 nitrogen and oxygen atoms in total. The van der Waals surface area contributed by atoms with Gasteiger partial charge in [0.25, 0.3) is 0 Å². The fourth-order valence-electron chi connectivity index (χ4n) is 2.16. The highest BCUT2D eigenvalue weighted by Gasteiger charge is 2.19. The third-order valence-corrected chi connectivity index (χ3v) is 3.23. The summed E-state index contributed by atoms with van der Waals surface area (Å²) < 4.78 is 5.08. The highest BCUT2D eigenvalue weighted by molar-refractivity contribution is 5.94. The predicted octanol–water partition coefficient (Wildman–Crippen LogP) is 2.17. The van der Waals surface area contributed by atoms with Crippen LogP contribution in [-0.2, 0) is 4.79 Å². The summed E-state index contributed by atoms with van der Waals surface area (Å²) in [6, 6.07) is 7.34. The van der Waals surface area contributed by atoms with Crippen LogP contribution in [0.3, 0.4) is 0 Å². The number of hydrogen-bond donors (Lipinski definition) is 2. The summed E-state index contributed by atoms with van der Waals surface area (Å²) in [7, 11) is 1.63. The van der Waals surface area contributed by atoms with Gasteiger partial charge in [0.05, 0.1) is 13.2 Å². The summed E-state index contributed by atoms with van der Waals surface area (Å²) in [5, 5.41) is 6.22. The van der Waals surface area contributed by atoms with Crippen LogP contribution in [0.4, 0.5) is 5.69 Å². The molecule has 0 radical (unpaired) electrons. The normalized spacial score (nSPS) is 19.9. The summed E-state index contributed by atoms with van der Waals surface area (Å²) in [6.45, 7) is 0.931. The van der Waals surface area contributed by atoms with E-state index in [0.29, 0.717) is 0 Å². The van der Waals surface area contributed by atoms with Gasteiger partial charge in [0.15, 0.2) is 0 Å². The van der Waals surface area contributed by atoms with Gasteiger partial charge in [0.1, 0.15) is 5.75 Å². The number of rotatable bonds is 3. The zero-order valence-corrected chi connectivity index (χ0v) is 10.7. The topological polar surface area (TPSA) is 50.4 Å². The Morgan fingerprint density at radius 2 is 2.06 bits per heavy atom. The van der Waals surface area contributed by atoms with E-state index in [9.17, 15) is 4.79 Å². The van der Waals surface area contributed by atoms with E-state index in [2.05, 4.69) is 10.6 Å². The summed E-state index contributed by atoms with van der Waals surface area (Å²) >= 11 is 0. The minimum absolute atomic E-state index is 0.0575. The molecule has 0 spiro atoms. The first-order valence-corrected chi connectivity index (χ1v) is 6.48. The third-order valence-electron chi connectivity index (χ3n) is 3.23. The summed E-state index contributed by atoms with van der Waals surface area (Å²) in [5.74, 6) is 0.850. The second-order valence-electron chi connectivity index (χ2n) is 4.57. The van der Waals surface area contributed by atoms with Crippen molar-refractivity contribution in [3.05, 3.63) is 24.3 Å². The molecule has 1 amide bonds. The van der Waals surface area contributed by atoms with Gasteiger partial charge in [-0.05, 0) is 43.7 Å². The number of benzene rings is 1. The van der Waals surface area contributed by atoms with Crippen LogP contribution in [0.2, 0.25) is 0 Å². The van der Waals surface area contributed by atoms with Crippen LogP contribution in [0, 0.1) is 0 Å². The van der Waals surface area contributed by atoms with Gasteiger partial charge in [-0.3, -0.25) is 4.79 Å². The summed E-state index contributed by atoms with van der Waals surface area (Å²) in [6.07, 6.45) is 4.40. The van der Waals surface area contributed by atoms with Crippen LogP contribution >= 0.6 is 0 Å². The maximum absolute atomic E-state index is 12.1. The van der Waals surface area contributed by atoms with Crippen LogP contribution < -0.4 is 15.4 Å². The van der Waals surface area contributed by atoms with E-state index in [4.69, 9.17) is 4.74 Å². The van der Waals surface area contributed by atoms with Crippen molar-refractivity contribution in [2.24, 2.45) is 0 Å². The van der Waals surface area contributed by atoms with E-state index >= 15 is 0 Å². The maximum atomic E-state index is 12.1. The number of methoxy groups -OCH3 is 1. The van der Waals surface area contributed by atoms with Crippen LogP contribution in [0.25, 0.3) is 0 Å². The molecule has 1 saturated heterocycles. The van der Waals surface area contributed by atoms with E-state index in [0.717, 1.165) is 37.2 Å². The van der Waals surface area contributed by atoms with E-state index in [1.54, 1.807) is 7.11 Å². The molecule has 98 valence electrons. The Hall–Kier alpha value is -1.55. The molecule has 18 heavy (non-hydrogen) atoms. The Bertz CT molecular complexity index is 381. The van der Waals surface area contributed by atoms with Gasteiger partial charge in [-0.25, -0.2) is 0 Å². The fraction of sp³-hybridized carbons (Fsp3) is 0.500. The average Bonchev–Trinajstić information content (AvgIpc) is 2.68. The van der Waals surface area contributed by atoms with Crippen molar-refractivity contribution in [3.63, 3.8) is 0 Å². The molecule has 1 atom stereocenters. The number of carbonyl (C=O) groups excluding carboxylic acids is 1. The van der Waals surface area contributed by atoms with Crippen molar-refractivity contribution >= 4 is 11.6 Å². The lowest BCUT2D eigenvalue weighted by Gasteiger charge is -2.15. The molecule has 4 heteroatoms. The number of carbonyl (C=O) groups is 1. The number of nitrogens with one attached hydrogen (secondary N) is 2. The Morgan fingerprint density at radius 1 is 1.28 bits per heavy atom. The molecule has 1 aromatic rings. The van der Waals surface area contributed by atoms with E-state index < -0.39 is 0 Å². The number of amides is 1. The monoisotopic (exact) mass is 248 g/mol. The van der Waals surface area contributed by atoms with E-state index in [-0.39, 0.29) is 11.9 Å². The summed E-state index contributed by atoms with van der Waals surface area (Å²) in [5.41, 5.74) is 0.812. The van der Waals surface area contributed by atoms with Crippen molar-refractivity contribution in [1.29, 1.82) is 0 Å². The van der Waals surface area contributed by atoms with Gasteiger partial charge in [-0.2, -0.15) is 0 Å². The molecule has 2 rings (SSSR count). The molecule has 0 aliphatic carbocycles. The Kier molecular flexibility index (Phi) is 4.59. The highest BCUT2D eigenvalue weighted by atomic mass is 16.5. The molecular weight excluding hydrogens is 228 g/mol. The van der Waals surface area contributed by atoms with E-state index in [1.807, 2.05) is 24.3 Å². The third kappa shape index (κ3) is 3.47. The van der Waals surface area contributed by atoms with Crippen molar-refractivity contribution in [1.82, 2.24) is 5.32 Å². The second kappa shape index (κ2) is 6.40. The maximum Gasteiger partial charge on any atom is 0.241 e. The van der Waals surface area contributed by atoms with Crippen LogP contribution in [0.5, 0.6) is 5.75 Å². The van der Waals surface area contributed by atoms with Crippen molar-refractivity contribution < 1.29 is 9.53 Å². The first-order chi connectivity index (χ1) is 8.79. The molecule has 1 aromatic carbocycles. The van der Waals surface area contributed by atoms with Crippen LogP contribution in [0.1, 0.15) is 25.7 Å². The molecule has 0 bridgehead atoms. The van der Waals surface area contributed by atoms with Gasteiger partial charge in [0, 0.05) is 5.69 Å². The fourth-order valence-corrected chi connectivity index (χ4v) is 2.16. The lowest BCUT2D eigenvalue weighted by Crippen LogP contribution is -2.39. The van der Waals surface area contributed by atoms with Gasteiger partial charge < -0.3 is 15.4 Å². The predicted molar refractivity (Wildman–Crippen MR) is 71.9 cm³/mol. The van der Waals surface area contributed by atoms with Gasteiger partial charge in [-0.1, -0.05) is 12.8 Å². The summed E-state index contributed by atoms with van der Waals surface area (Å²) in [4.78, 5) is 12.1. The zero-order chi connectivity index (χ0) is 12.8. The zero-order valence-electron chi connectivity index (χ0n) is 10.7. The standard InChI is InChI=1S/C14H20N2O2/c1-18-12-8-6-11(7-9-12)16-14(17)13-5-3-2-4-10-15-13/h6-9,13,15H,2-5,10H2,1H3,(H,16,17)/t13-/m1/s1. The first-order valence-electron chi connectivity index (χ1n) is 6.48. The lowest BCUT2D eigenvalue weighted by molar-refractivity contribution is -0.118. The minimum atomic E-state index is -0.0606. The smallest absolute Gasteiger partial charge is 0.241 e. The van der Waals surface area contributed by atoms with Crippen LogP contribution in [0.15, 0.2) is 24.3 Å².